The molecule has 2 N–H and O–H groups in total. The number of hydrogen-bond donors (Lipinski definition) is 2. The first-order valence-electron chi connectivity index (χ1n) is 10.6. The molecule has 0 aromatic rings. The van der Waals surface area contributed by atoms with Crippen molar-refractivity contribution in [3.05, 3.63) is 24.3 Å². The fraction of sp³-hybridized carbons (Fsp3) is 0.810. The van der Waals surface area contributed by atoms with E-state index in [1.807, 2.05) is 19.1 Å². The maximum absolute atomic E-state index is 10.8. The smallest absolute Gasteiger partial charge is 0.373 e. The van der Waals surface area contributed by atoms with Crippen LogP contribution in [0.4, 0.5) is 0 Å². The largest absolute Gasteiger partial charge is 0.469 e. The lowest BCUT2D eigenvalue weighted by atomic mass is 9.89. The van der Waals surface area contributed by atoms with E-state index in [0.29, 0.717) is 6.61 Å². The van der Waals surface area contributed by atoms with Crippen molar-refractivity contribution < 1.29 is 28.3 Å². The van der Waals surface area contributed by atoms with Crippen LogP contribution in [0.5, 0.6) is 0 Å². The zero-order valence-electron chi connectivity index (χ0n) is 17.7. The van der Waals surface area contributed by atoms with Crippen LogP contribution in [0.1, 0.15) is 78.6 Å². The minimum Gasteiger partial charge on any atom is -0.373 e. The molecule has 1 aliphatic rings. The summed E-state index contributed by atoms with van der Waals surface area (Å²) in [6.45, 7) is 6.24. The number of ether oxygens (including phenoxy) is 2. The van der Waals surface area contributed by atoms with Gasteiger partial charge in [-0.2, -0.15) is 0 Å². The molecule has 0 fully saturated rings. The van der Waals surface area contributed by atoms with E-state index in [0.717, 1.165) is 19.3 Å². The molecule has 0 bridgehead atoms. The van der Waals surface area contributed by atoms with Gasteiger partial charge >= 0.3 is 7.82 Å². The number of phosphoric ester groups is 1. The fourth-order valence-electron chi connectivity index (χ4n) is 3.29. The van der Waals surface area contributed by atoms with Crippen molar-refractivity contribution in [1.29, 1.82) is 0 Å². The molecule has 0 saturated carbocycles. The third kappa shape index (κ3) is 12.2. The van der Waals surface area contributed by atoms with Gasteiger partial charge < -0.3 is 19.3 Å². The van der Waals surface area contributed by atoms with Crippen LogP contribution in [0.3, 0.4) is 0 Å². The minimum atomic E-state index is -4.48. The minimum absolute atomic E-state index is 0.107. The highest BCUT2D eigenvalue weighted by Crippen LogP contribution is 2.37. The monoisotopic (exact) mass is 418 g/mol. The SMILES string of the molecule is CCCCCCCCCC1(OCC(C)OCC(C)OP(=O)(O)O)C=CC=CC1. The van der Waals surface area contributed by atoms with Gasteiger partial charge in [0.25, 0.3) is 0 Å². The Kier molecular flexibility index (Phi) is 12.5. The number of phosphoric acid groups is 1. The lowest BCUT2D eigenvalue weighted by Gasteiger charge is -2.33. The Labute approximate surface area is 170 Å². The molecule has 0 spiro atoms. The number of hydrogen-bond acceptors (Lipinski definition) is 4. The standard InChI is InChI=1S/C21H39O6P/c1-4-5-6-7-8-9-11-14-21(15-12-10-13-16-21)26-18-19(2)25-17-20(3)27-28(22,23)24/h10,12-13,15,19-20H,4-9,11,14,16-18H2,1-3H3,(H2,22,23,24). The van der Waals surface area contributed by atoms with E-state index in [4.69, 9.17) is 19.3 Å². The quantitative estimate of drug-likeness (QED) is 0.261. The van der Waals surface area contributed by atoms with E-state index in [-0.39, 0.29) is 18.3 Å². The predicted molar refractivity (Wildman–Crippen MR) is 112 cm³/mol. The van der Waals surface area contributed by atoms with Crippen LogP contribution in [0.15, 0.2) is 24.3 Å². The van der Waals surface area contributed by atoms with Gasteiger partial charge in [0.1, 0.15) is 0 Å². The lowest BCUT2D eigenvalue weighted by molar-refractivity contribution is -0.0830. The maximum Gasteiger partial charge on any atom is 0.469 e. The van der Waals surface area contributed by atoms with Crippen molar-refractivity contribution in [1.82, 2.24) is 0 Å². The van der Waals surface area contributed by atoms with Gasteiger partial charge in [-0.3, -0.25) is 4.52 Å². The summed E-state index contributed by atoms with van der Waals surface area (Å²) >= 11 is 0. The first-order chi connectivity index (χ1) is 13.3. The average molecular weight is 419 g/mol. The van der Waals surface area contributed by atoms with Gasteiger partial charge in [-0.05, 0) is 26.7 Å². The van der Waals surface area contributed by atoms with E-state index in [2.05, 4.69) is 23.6 Å². The zero-order valence-corrected chi connectivity index (χ0v) is 18.6. The van der Waals surface area contributed by atoms with Gasteiger partial charge in [0.05, 0.1) is 31.0 Å². The molecular formula is C21H39O6P. The molecule has 0 heterocycles. The van der Waals surface area contributed by atoms with Crippen molar-refractivity contribution in [2.45, 2.75) is 96.4 Å². The third-order valence-corrected chi connectivity index (χ3v) is 5.49. The first kappa shape index (κ1) is 25.5. The van der Waals surface area contributed by atoms with Crippen LogP contribution in [-0.2, 0) is 18.6 Å². The molecule has 0 saturated heterocycles. The second kappa shape index (κ2) is 13.7. The highest BCUT2D eigenvalue weighted by atomic mass is 31.2. The molecule has 0 aromatic carbocycles. The molecule has 0 aliphatic heterocycles. The molecule has 28 heavy (non-hydrogen) atoms. The summed E-state index contributed by atoms with van der Waals surface area (Å²) in [6.07, 6.45) is 18.3. The van der Waals surface area contributed by atoms with Crippen LogP contribution in [-0.4, -0.2) is 40.8 Å². The molecule has 1 rings (SSSR count). The summed E-state index contributed by atoms with van der Waals surface area (Å²) in [6, 6.07) is 0. The van der Waals surface area contributed by atoms with Crippen LogP contribution in [0.25, 0.3) is 0 Å². The van der Waals surface area contributed by atoms with Crippen LogP contribution in [0, 0.1) is 0 Å². The van der Waals surface area contributed by atoms with Crippen LogP contribution in [0.2, 0.25) is 0 Å². The summed E-state index contributed by atoms with van der Waals surface area (Å²) in [7, 11) is -4.48. The Hall–Kier alpha value is -0.490. The third-order valence-electron chi connectivity index (χ3n) is 4.85. The van der Waals surface area contributed by atoms with Gasteiger partial charge in [0, 0.05) is 0 Å². The Morgan fingerprint density at radius 1 is 1.00 bits per heavy atom. The van der Waals surface area contributed by atoms with Crippen molar-refractivity contribution in [3.63, 3.8) is 0 Å². The molecule has 7 heteroatoms. The topological polar surface area (TPSA) is 85.2 Å². The van der Waals surface area contributed by atoms with Crippen LogP contribution >= 0.6 is 7.82 Å². The van der Waals surface area contributed by atoms with Gasteiger partial charge in [-0.25, -0.2) is 4.57 Å². The van der Waals surface area contributed by atoms with Gasteiger partial charge in [-0.15, -0.1) is 0 Å². The van der Waals surface area contributed by atoms with Crippen molar-refractivity contribution >= 4 is 7.82 Å². The Bertz CT molecular complexity index is 515. The molecule has 3 unspecified atom stereocenters. The normalized spacial score (nSPS) is 21.8. The van der Waals surface area contributed by atoms with Gasteiger partial charge in [0.2, 0.25) is 0 Å². The first-order valence-corrected chi connectivity index (χ1v) is 12.1. The summed E-state index contributed by atoms with van der Waals surface area (Å²) in [5.41, 5.74) is -0.274. The molecule has 0 amide bonds. The average Bonchev–Trinajstić information content (AvgIpc) is 2.63. The second-order valence-electron chi connectivity index (χ2n) is 7.79. The van der Waals surface area contributed by atoms with Gasteiger partial charge in [-0.1, -0.05) is 76.2 Å². The molecule has 0 radical (unpaired) electrons. The number of unbranched alkanes of at least 4 members (excludes halogenated alkanes) is 6. The summed E-state index contributed by atoms with van der Waals surface area (Å²) in [4.78, 5) is 17.6. The van der Waals surface area contributed by atoms with Crippen LogP contribution < -0.4 is 0 Å². The van der Waals surface area contributed by atoms with E-state index in [1.165, 1.54) is 38.5 Å². The molecule has 6 nitrogen and oxygen atoms in total. The van der Waals surface area contributed by atoms with Crippen molar-refractivity contribution in [2.24, 2.45) is 0 Å². The fourth-order valence-corrected chi connectivity index (χ4v) is 3.82. The summed E-state index contributed by atoms with van der Waals surface area (Å²) in [5, 5.41) is 0. The molecule has 3 atom stereocenters. The lowest BCUT2D eigenvalue weighted by Crippen LogP contribution is -2.34. The van der Waals surface area contributed by atoms with Crippen molar-refractivity contribution in [3.8, 4) is 0 Å². The number of rotatable bonds is 16. The van der Waals surface area contributed by atoms with E-state index in [9.17, 15) is 4.57 Å². The molecular weight excluding hydrogens is 379 g/mol. The second-order valence-corrected chi connectivity index (χ2v) is 8.98. The zero-order chi connectivity index (χ0) is 20.9. The van der Waals surface area contributed by atoms with Gasteiger partial charge in [0.15, 0.2) is 0 Å². The van der Waals surface area contributed by atoms with E-state index < -0.39 is 13.9 Å². The highest BCUT2D eigenvalue weighted by Gasteiger charge is 2.28. The Balaban J connectivity index is 2.33. The maximum atomic E-state index is 10.8. The molecule has 164 valence electrons. The highest BCUT2D eigenvalue weighted by molar-refractivity contribution is 7.46. The predicted octanol–water partition coefficient (Wildman–Crippen LogP) is 5.30. The summed E-state index contributed by atoms with van der Waals surface area (Å²) in [5.74, 6) is 0. The van der Waals surface area contributed by atoms with E-state index in [1.54, 1.807) is 6.92 Å². The van der Waals surface area contributed by atoms with Crippen molar-refractivity contribution in [2.75, 3.05) is 13.2 Å². The molecule has 1 aliphatic carbocycles. The summed E-state index contributed by atoms with van der Waals surface area (Å²) < 4.78 is 27.3. The Morgan fingerprint density at radius 2 is 1.68 bits per heavy atom. The molecule has 0 aromatic heterocycles. The Morgan fingerprint density at radius 3 is 2.29 bits per heavy atom. The number of allylic oxidation sites excluding steroid dienone is 2. The van der Waals surface area contributed by atoms with E-state index >= 15 is 0 Å².